The van der Waals surface area contributed by atoms with Crippen LogP contribution in [0.1, 0.15) is 71.1 Å². The fourth-order valence-corrected chi connectivity index (χ4v) is 6.84. The Bertz CT molecular complexity index is 1200. The molecule has 3 aromatic rings. The molecule has 0 spiro atoms. The van der Waals surface area contributed by atoms with Gasteiger partial charge in [-0.05, 0) is 55.9 Å². The van der Waals surface area contributed by atoms with E-state index in [9.17, 15) is 4.79 Å². The van der Waals surface area contributed by atoms with E-state index in [4.69, 9.17) is 16.6 Å². The van der Waals surface area contributed by atoms with Gasteiger partial charge in [0.05, 0.1) is 11.1 Å². The highest BCUT2D eigenvalue weighted by molar-refractivity contribution is 7.15. The zero-order valence-corrected chi connectivity index (χ0v) is 20.3. The van der Waals surface area contributed by atoms with Crippen molar-refractivity contribution in [3.63, 3.8) is 0 Å². The number of aryl methyl sites for hydroxylation is 1. The van der Waals surface area contributed by atoms with E-state index in [2.05, 4.69) is 15.1 Å². The van der Waals surface area contributed by atoms with Gasteiger partial charge in [-0.3, -0.25) is 9.78 Å². The van der Waals surface area contributed by atoms with Crippen LogP contribution in [-0.4, -0.2) is 52.2 Å². The number of benzene rings is 1. The number of anilines is 1. The summed E-state index contributed by atoms with van der Waals surface area (Å²) >= 11 is 8.05. The fourth-order valence-electron chi connectivity index (χ4n) is 5.61. The molecule has 1 aromatic carbocycles. The van der Waals surface area contributed by atoms with Crippen molar-refractivity contribution in [2.24, 2.45) is 0 Å². The van der Waals surface area contributed by atoms with Gasteiger partial charge in [0, 0.05) is 48.2 Å². The van der Waals surface area contributed by atoms with Crippen LogP contribution >= 0.6 is 22.9 Å². The quantitative estimate of drug-likeness (QED) is 0.512. The van der Waals surface area contributed by atoms with Gasteiger partial charge < -0.3 is 9.80 Å². The third-order valence-electron chi connectivity index (χ3n) is 7.41. The Balaban J connectivity index is 1.21. The maximum atomic E-state index is 13.7. The van der Waals surface area contributed by atoms with E-state index in [0.29, 0.717) is 24.0 Å². The number of carbonyl (C=O) groups is 1. The molecule has 0 atom stereocenters. The molecule has 1 saturated carbocycles. The lowest BCUT2D eigenvalue weighted by atomic mass is 9.90. The summed E-state index contributed by atoms with van der Waals surface area (Å²) in [4.78, 5) is 22.9. The summed E-state index contributed by atoms with van der Waals surface area (Å²) in [6.45, 7) is 2.96. The molecule has 1 saturated heterocycles. The van der Waals surface area contributed by atoms with Gasteiger partial charge in [0.2, 0.25) is 5.13 Å². The lowest BCUT2D eigenvalue weighted by molar-refractivity contribution is 0.0747. The van der Waals surface area contributed by atoms with Gasteiger partial charge in [0.1, 0.15) is 5.01 Å². The number of amides is 1. The predicted molar refractivity (Wildman–Crippen MR) is 133 cm³/mol. The van der Waals surface area contributed by atoms with E-state index in [1.807, 2.05) is 23.1 Å². The molecule has 0 bridgehead atoms. The van der Waals surface area contributed by atoms with E-state index < -0.39 is 0 Å². The van der Waals surface area contributed by atoms with Gasteiger partial charge in [-0.1, -0.05) is 42.2 Å². The molecule has 3 aliphatic rings. The monoisotopic (exact) mass is 481 g/mol. The van der Waals surface area contributed by atoms with E-state index in [0.717, 1.165) is 65.2 Å². The maximum Gasteiger partial charge on any atom is 0.255 e. The third kappa shape index (κ3) is 3.99. The first-order valence-corrected chi connectivity index (χ1v) is 13.4. The standard InChI is InChI=1S/C25H28ClN5OS/c26-17-9-10-21-19(15-17)22(18-7-4-8-20(18)27-21)24(32)30-11-13-31(14-12-30)25-29-28-23(33-25)16-5-2-1-3-6-16/h9-10,15-16H,1-8,11-14H2. The van der Waals surface area contributed by atoms with Crippen LogP contribution in [-0.2, 0) is 12.8 Å². The normalized spacial score (nSPS) is 19.3. The molecule has 6 nitrogen and oxygen atoms in total. The highest BCUT2D eigenvalue weighted by Gasteiger charge is 2.30. The predicted octanol–water partition coefficient (Wildman–Crippen LogP) is 5.24. The molecule has 2 aromatic heterocycles. The van der Waals surface area contributed by atoms with Crippen molar-refractivity contribution >= 4 is 44.9 Å². The molecule has 0 radical (unpaired) electrons. The Kier molecular flexibility index (Phi) is 5.70. The SMILES string of the molecule is O=C(c1c2c(nc3ccc(Cl)cc13)CCC2)N1CCN(c2nnc(C3CCCCC3)s2)CC1. The van der Waals surface area contributed by atoms with Crippen molar-refractivity contribution in [3.05, 3.63) is 45.1 Å². The summed E-state index contributed by atoms with van der Waals surface area (Å²) in [7, 11) is 0. The number of rotatable bonds is 3. The van der Waals surface area contributed by atoms with Crippen LogP contribution in [0.3, 0.4) is 0 Å². The molecular formula is C25H28ClN5OS. The Morgan fingerprint density at radius 3 is 2.64 bits per heavy atom. The minimum Gasteiger partial charge on any atom is -0.343 e. The highest BCUT2D eigenvalue weighted by Crippen LogP contribution is 2.37. The number of pyridine rings is 1. The Hall–Kier alpha value is -2.25. The maximum absolute atomic E-state index is 13.7. The van der Waals surface area contributed by atoms with Crippen LogP contribution in [0, 0.1) is 0 Å². The van der Waals surface area contributed by atoms with Crippen molar-refractivity contribution in [3.8, 4) is 0 Å². The van der Waals surface area contributed by atoms with Crippen molar-refractivity contribution in [1.29, 1.82) is 0 Å². The first-order valence-electron chi connectivity index (χ1n) is 12.2. The van der Waals surface area contributed by atoms with E-state index in [1.165, 1.54) is 37.1 Å². The third-order valence-corrected chi connectivity index (χ3v) is 8.79. The molecular weight excluding hydrogens is 454 g/mol. The van der Waals surface area contributed by atoms with Gasteiger partial charge in [0.15, 0.2) is 0 Å². The molecule has 1 amide bonds. The van der Waals surface area contributed by atoms with Crippen molar-refractivity contribution in [2.45, 2.75) is 57.3 Å². The summed E-state index contributed by atoms with van der Waals surface area (Å²) in [6.07, 6.45) is 9.36. The Morgan fingerprint density at radius 1 is 1.00 bits per heavy atom. The smallest absolute Gasteiger partial charge is 0.255 e. The fraction of sp³-hybridized carbons (Fsp3) is 0.520. The topological polar surface area (TPSA) is 62.2 Å². The molecule has 0 unspecified atom stereocenters. The van der Waals surface area contributed by atoms with E-state index in [-0.39, 0.29) is 5.91 Å². The largest absolute Gasteiger partial charge is 0.343 e. The minimum absolute atomic E-state index is 0.114. The molecule has 2 aliphatic carbocycles. The second-order valence-electron chi connectivity index (χ2n) is 9.46. The Labute approximate surface area is 203 Å². The number of nitrogens with zero attached hydrogens (tertiary/aromatic N) is 5. The number of carbonyl (C=O) groups excluding carboxylic acids is 1. The molecule has 2 fully saturated rings. The number of hydrogen-bond donors (Lipinski definition) is 0. The van der Waals surface area contributed by atoms with Crippen LogP contribution in [0.15, 0.2) is 18.2 Å². The number of hydrogen-bond acceptors (Lipinski definition) is 6. The van der Waals surface area contributed by atoms with Gasteiger partial charge in [-0.15, -0.1) is 10.2 Å². The van der Waals surface area contributed by atoms with Gasteiger partial charge in [0.25, 0.3) is 5.91 Å². The van der Waals surface area contributed by atoms with Crippen LogP contribution < -0.4 is 4.90 Å². The average Bonchev–Trinajstić information content (AvgIpc) is 3.53. The molecule has 172 valence electrons. The lowest BCUT2D eigenvalue weighted by Crippen LogP contribution is -2.49. The summed E-state index contributed by atoms with van der Waals surface area (Å²) in [5.41, 5.74) is 3.89. The number of fused-ring (bicyclic) bond motifs is 2. The molecule has 3 heterocycles. The van der Waals surface area contributed by atoms with Gasteiger partial charge in [-0.25, -0.2) is 0 Å². The van der Waals surface area contributed by atoms with Crippen LogP contribution in [0.5, 0.6) is 0 Å². The second kappa shape index (κ2) is 8.84. The molecule has 1 aliphatic heterocycles. The Morgan fingerprint density at radius 2 is 1.82 bits per heavy atom. The van der Waals surface area contributed by atoms with Crippen LogP contribution in [0.25, 0.3) is 10.9 Å². The highest BCUT2D eigenvalue weighted by atomic mass is 35.5. The van der Waals surface area contributed by atoms with Crippen molar-refractivity contribution in [1.82, 2.24) is 20.1 Å². The van der Waals surface area contributed by atoms with Crippen LogP contribution in [0.2, 0.25) is 5.02 Å². The molecule has 33 heavy (non-hydrogen) atoms. The average molecular weight is 482 g/mol. The first kappa shape index (κ1) is 21.3. The summed E-state index contributed by atoms with van der Waals surface area (Å²) in [5.74, 6) is 0.699. The first-order chi connectivity index (χ1) is 16.2. The number of halogens is 1. The molecule has 8 heteroatoms. The second-order valence-corrected chi connectivity index (χ2v) is 10.9. The zero-order valence-electron chi connectivity index (χ0n) is 18.7. The van der Waals surface area contributed by atoms with E-state index >= 15 is 0 Å². The van der Waals surface area contributed by atoms with Crippen LogP contribution in [0.4, 0.5) is 5.13 Å². The summed E-state index contributed by atoms with van der Waals surface area (Å²) in [6, 6.07) is 5.69. The lowest BCUT2D eigenvalue weighted by Gasteiger charge is -2.35. The zero-order chi connectivity index (χ0) is 22.4. The van der Waals surface area contributed by atoms with Crippen molar-refractivity contribution < 1.29 is 4.79 Å². The van der Waals surface area contributed by atoms with Crippen molar-refractivity contribution in [2.75, 3.05) is 31.1 Å². The summed E-state index contributed by atoms with van der Waals surface area (Å²) in [5, 5.41) is 12.8. The summed E-state index contributed by atoms with van der Waals surface area (Å²) < 4.78 is 0. The minimum atomic E-state index is 0.114. The number of piperazine rings is 1. The van der Waals surface area contributed by atoms with Gasteiger partial charge >= 0.3 is 0 Å². The molecule has 6 rings (SSSR count). The van der Waals surface area contributed by atoms with E-state index in [1.54, 1.807) is 11.3 Å². The number of aromatic nitrogens is 3. The molecule has 0 N–H and O–H groups in total. The van der Waals surface area contributed by atoms with Gasteiger partial charge in [-0.2, -0.15) is 0 Å².